The Morgan fingerprint density at radius 3 is 2.85 bits per heavy atom. The molecule has 26 heavy (non-hydrogen) atoms. The minimum absolute atomic E-state index is 0.0196. The highest BCUT2D eigenvalue weighted by Crippen LogP contribution is 2.24. The average Bonchev–Trinajstić information content (AvgIpc) is 3.16. The predicted octanol–water partition coefficient (Wildman–Crippen LogP) is 2.10. The summed E-state index contributed by atoms with van der Waals surface area (Å²) in [6.45, 7) is 5.34. The van der Waals surface area contributed by atoms with Gasteiger partial charge in [0.15, 0.2) is 0 Å². The maximum atomic E-state index is 12.4. The van der Waals surface area contributed by atoms with E-state index in [-0.39, 0.29) is 11.9 Å². The lowest BCUT2D eigenvalue weighted by Gasteiger charge is -2.37. The monoisotopic (exact) mass is 354 g/mol. The first-order chi connectivity index (χ1) is 12.8. The standard InChI is InChI=1S/C20H26N4O2/c25-20(17-4-2-1-3-5-17)22-11-19-14-23(12-16-6-8-26-9-7-16)13-18-10-21-15-24(18)19/h1-5,10,15-16,19H,6-9,11-14H2,(H,22,25)/t19-/m1/s1. The Balaban J connectivity index is 1.39. The summed E-state index contributed by atoms with van der Waals surface area (Å²) in [6, 6.07) is 9.60. The average molecular weight is 354 g/mol. The highest BCUT2D eigenvalue weighted by atomic mass is 16.5. The molecule has 138 valence electrons. The number of amides is 1. The fraction of sp³-hybridized carbons (Fsp3) is 0.500. The number of carbonyl (C=O) groups excluding carboxylic acids is 1. The SMILES string of the molecule is O=C(NC[C@@H]1CN(CC2CCOCC2)Cc2cncn21)c1ccccc1. The fourth-order valence-electron chi connectivity index (χ4n) is 3.96. The first-order valence-electron chi connectivity index (χ1n) is 9.43. The minimum atomic E-state index is -0.0196. The third kappa shape index (κ3) is 3.97. The van der Waals surface area contributed by atoms with Gasteiger partial charge in [-0.15, -0.1) is 0 Å². The highest BCUT2D eigenvalue weighted by Gasteiger charge is 2.27. The summed E-state index contributed by atoms with van der Waals surface area (Å²) in [4.78, 5) is 19.2. The largest absolute Gasteiger partial charge is 0.381 e. The molecule has 1 N–H and O–H groups in total. The second-order valence-corrected chi connectivity index (χ2v) is 7.27. The highest BCUT2D eigenvalue weighted by molar-refractivity contribution is 5.94. The van der Waals surface area contributed by atoms with Crippen LogP contribution in [0.1, 0.15) is 34.9 Å². The molecule has 1 saturated heterocycles. The number of benzene rings is 1. The van der Waals surface area contributed by atoms with Crippen molar-refractivity contribution in [2.45, 2.75) is 25.4 Å². The lowest BCUT2D eigenvalue weighted by atomic mass is 9.99. The zero-order valence-corrected chi connectivity index (χ0v) is 15.0. The van der Waals surface area contributed by atoms with E-state index in [0.29, 0.717) is 18.0 Å². The Hall–Kier alpha value is -2.18. The molecule has 6 heteroatoms. The molecule has 1 aromatic carbocycles. The number of fused-ring (bicyclic) bond motifs is 1. The molecule has 6 nitrogen and oxygen atoms in total. The number of rotatable bonds is 5. The van der Waals surface area contributed by atoms with Crippen molar-refractivity contribution in [3.63, 3.8) is 0 Å². The molecule has 1 fully saturated rings. The summed E-state index contributed by atoms with van der Waals surface area (Å²) in [7, 11) is 0. The van der Waals surface area contributed by atoms with Crippen LogP contribution in [-0.2, 0) is 11.3 Å². The first kappa shape index (κ1) is 17.2. The number of ether oxygens (including phenoxy) is 1. The summed E-state index contributed by atoms with van der Waals surface area (Å²) in [5.74, 6) is 0.687. The number of nitrogens with zero attached hydrogens (tertiary/aromatic N) is 3. The Morgan fingerprint density at radius 1 is 1.23 bits per heavy atom. The van der Waals surface area contributed by atoms with Gasteiger partial charge >= 0.3 is 0 Å². The van der Waals surface area contributed by atoms with Gasteiger partial charge in [-0.25, -0.2) is 4.98 Å². The Bertz CT molecular complexity index is 724. The van der Waals surface area contributed by atoms with Crippen LogP contribution in [0.4, 0.5) is 0 Å². The van der Waals surface area contributed by atoms with Crippen molar-refractivity contribution in [2.24, 2.45) is 5.92 Å². The molecule has 2 aromatic rings. The van der Waals surface area contributed by atoms with Gasteiger partial charge in [-0.3, -0.25) is 9.69 Å². The van der Waals surface area contributed by atoms with E-state index >= 15 is 0 Å². The van der Waals surface area contributed by atoms with Crippen LogP contribution in [-0.4, -0.2) is 53.2 Å². The normalized spacial score (nSPS) is 21.3. The number of aromatic nitrogens is 2. The summed E-state index contributed by atoms with van der Waals surface area (Å²) < 4.78 is 7.69. The Kier molecular flexibility index (Phi) is 5.32. The number of hydrogen-bond acceptors (Lipinski definition) is 4. The molecule has 1 atom stereocenters. The Labute approximate surface area is 154 Å². The lowest BCUT2D eigenvalue weighted by Crippen LogP contribution is -2.44. The predicted molar refractivity (Wildman–Crippen MR) is 98.9 cm³/mol. The van der Waals surface area contributed by atoms with Gasteiger partial charge in [0.05, 0.1) is 18.1 Å². The fourth-order valence-corrected chi connectivity index (χ4v) is 3.96. The molecule has 0 bridgehead atoms. The topological polar surface area (TPSA) is 59.4 Å². The summed E-state index contributed by atoms with van der Waals surface area (Å²) in [6.07, 6.45) is 6.12. The van der Waals surface area contributed by atoms with Gasteiger partial charge in [0, 0.05) is 51.2 Å². The van der Waals surface area contributed by atoms with Gasteiger partial charge in [-0.1, -0.05) is 18.2 Å². The second kappa shape index (κ2) is 8.01. The third-order valence-corrected chi connectivity index (χ3v) is 5.39. The van der Waals surface area contributed by atoms with Crippen LogP contribution < -0.4 is 5.32 Å². The number of carbonyl (C=O) groups is 1. The van der Waals surface area contributed by atoms with Gasteiger partial charge in [-0.2, -0.15) is 0 Å². The van der Waals surface area contributed by atoms with Crippen molar-refractivity contribution >= 4 is 5.91 Å². The van der Waals surface area contributed by atoms with E-state index in [9.17, 15) is 4.79 Å². The molecular weight excluding hydrogens is 328 g/mol. The Morgan fingerprint density at radius 2 is 2.04 bits per heavy atom. The lowest BCUT2D eigenvalue weighted by molar-refractivity contribution is 0.0454. The van der Waals surface area contributed by atoms with Crippen LogP contribution in [0.3, 0.4) is 0 Å². The molecular formula is C20H26N4O2. The maximum Gasteiger partial charge on any atom is 0.251 e. The maximum absolute atomic E-state index is 12.4. The van der Waals surface area contributed by atoms with Gasteiger partial charge in [0.1, 0.15) is 0 Å². The molecule has 0 radical (unpaired) electrons. The van der Waals surface area contributed by atoms with Crippen molar-refractivity contribution < 1.29 is 9.53 Å². The molecule has 1 amide bonds. The molecule has 3 heterocycles. The van der Waals surface area contributed by atoms with Gasteiger partial charge in [-0.05, 0) is 30.9 Å². The van der Waals surface area contributed by atoms with E-state index in [1.807, 2.05) is 42.9 Å². The first-order valence-corrected chi connectivity index (χ1v) is 9.43. The number of hydrogen-bond donors (Lipinski definition) is 1. The second-order valence-electron chi connectivity index (χ2n) is 7.27. The molecule has 0 unspecified atom stereocenters. The summed E-state index contributed by atoms with van der Waals surface area (Å²) in [5, 5.41) is 3.09. The van der Waals surface area contributed by atoms with Crippen molar-refractivity contribution in [1.82, 2.24) is 19.8 Å². The van der Waals surface area contributed by atoms with E-state index in [1.54, 1.807) is 0 Å². The van der Waals surface area contributed by atoms with Gasteiger partial charge in [0.2, 0.25) is 0 Å². The zero-order valence-electron chi connectivity index (χ0n) is 15.0. The molecule has 0 spiro atoms. The molecule has 2 aliphatic heterocycles. The van der Waals surface area contributed by atoms with Crippen molar-refractivity contribution in [1.29, 1.82) is 0 Å². The molecule has 4 rings (SSSR count). The van der Waals surface area contributed by atoms with Gasteiger partial charge in [0.25, 0.3) is 5.91 Å². The molecule has 2 aliphatic rings. The zero-order chi connectivity index (χ0) is 17.8. The minimum Gasteiger partial charge on any atom is -0.381 e. The third-order valence-electron chi connectivity index (χ3n) is 5.39. The molecule has 0 saturated carbocycles. The van der Waals surface area contributed by atoms with E-state index in [1.165, 1.54) is 5.69 Å². The van der Waals surface area contributed by atoms with Gasteiger partial charge < -0.3 is 14.6 Å². The van der Waals surface area contributed by atoms with Crippen molar-refractivity contribution in [3.05, 3.63) is 54.1 Å². The van der Waals surface area contributed by atoms with Crippen LogP contribution in [0.25, 0.3) is 0 Å². The van der Waals surface area contributed by atoms with Crippen LogP contribution in [0.2, 0.25) is 0 Å². The van der Waals surface area contributed by atoms with E-state index in [0.717, 1.165) is 45.7 Å². The van der Waals surface area contributed by atoms with Crippen LogP contribution >= 0.6 is 0 Å². The summed E-state index contributed by atoms with van der Waals surface area (Å²) >= 11 is 0. The molecule has 0 aliphatic carbocycles. The van der Waals surface area contributed by atoms with E-state index in [2.05, 4.69) is 19.8 Å². The quantitative estimate of drug-likeness (QED) is 0.893. The molecule has 1 aromatic heterocycles. The van der Waals surface area contributed by atoms with Crippen LogP contribution in [0.5, 0.6) is 0 Å². The van der Waals surface area contributed by atoms with Crippen molar-refractivity contribution in [2.75, 3.05) is 32.8 Å². The number of imidazole rings is 1. The smallest absolute Gasteiger partial charge is 0.251 e. The van der Waals surface area contributed by atoms with E-state index < -0.39 is 0 Å². The van der Waals surface area contributed by atoms with Crippen LogP contribution in [0, 0.1) is 5.92 Å². The van der Waals surface area contributed by atoms with E-state index in [4.69, 9.17) is 4.74 Å². The van der Waals surface area contributed by atoms with Crippen molar-refractivity contribution in [3.8, 4) is 0 Å². The summed E-state index contributed by atoms with van der Waals surface area (Å²) in [5.41, 5.74) is 1.93. The van der Waals surface area contributed by atoms with Crippen LogP contribution in [0.15, 0.2) is 42.9 Å². The number of nitrogens with one attached hydrogen (secondary N) is 1.